The number of hydrogen-bond acceptors (Lipinski definition) is 4. The van der Waals surface area contributed by atoms with Gasteiger partial charge in [-0.25, -0.2) is 4.98 Å². The van der Waals surface area contributed by atoms with E-state index < -0.39 is 0 Å². The van der Waals surface area contributed by atoms with E-state index in [-0.39, 0.29) is 0 Å². The Labute approximate surface area is 102 Å². The van der Waals surface area contributed by atoms with Crippen LogP contribution in [0, 0.1) is 6.92 Å². The van der Waals surface area contributed by atoms with Crippen LogP contribution in [0.3, 0.4) is 0 Å². The number of thiazole rings is 1. The van der Waals surface area contributed by atoms with Crippen molar-refractivity contribution in [3.8, 4) is 11.3 Å². The summed E-state index contributed by atoms with van der Waals surface area (Å²) in [5, 5.41) is 1.99. The molecule has 0 aromatic carbocycles. The Morgan fingerprint density at radius 2 is 2.35 bits per heavy atom. The van der Waals surface area contributed by atoms with E-state index in [0.29, 0.717) is 11.4 Å². The number of pyridine rings is 1. The minimum Gasteiger partial charge on any atom is -0.296 e. The van der Waals surface area contributed by atoms with E-state index in [9.17, 15) is 4.79 Å². The SMILES string of the molecule is Cc1csc2nc(-c3cccnc3)c(C=O)n12. The molecule has 0 spiro atoms. The zero-order valence-electron chi connectivity index (χ0n) is 9.12. The Morgan fingerprint density at radius 3 is 3.06 bits per heavy atom. The largest absolute Gasteiger partial charge is 0.296 e. The van der Waals surface area contributed by atoms with Crippen LogP contribution in [0.15, 0.2) is 29.9 Å². The fourth-order valence-corrected chi connectivity index (χ4v) is 2.72. The quantitative estimate of drug-likeness (QED) is 0.650. The molecule has 0 aliphatic carbocycles. The van der Waals surface area contributed by atoms with Crippen LogP contribution >= 0.6 is 11.3 Å². The topological polar surface area (TPSA) is 47.3 Å². The molecule has 0 amide bonds. The van der Waals surface area contributed by atoms with Gasteiger partial charge in [0.05, 0.1) is 0 Å². The number of carbonyl (C=O) groups is 1. The third-order valence-corrected chi connectivity index (χ3v) is 3.56. The summed E-state index contributed by atoms with van der Waals surface area (Å²) < 4.78 is 1.88. The average Bonchev–Trinajstić information content (AvgIpc) is 2.91. The Kier molecular flexibility index (Phi) is 2.26. The zero-order chi connectivity index (χ0) is 11.8. The minimum absolute atomic E-state index is 0.590. The van der Waals surface area contributed by atoms with Crippen molar-refractivity contribution in [2.45, 2.75) is 6.92 Å². The molecular formula is C12H9N3OS. The van der Waals surface area contributed by atoms with E-state index >= 15 is 0 Å². The molecule has 5 heteroatoms. The van der Waals surface area contributed by atoms with Gasteiger partial charge in [0.15, 0.2) is 11.2 Å². The van der Waals surface area contributed by atoms with Crippen molar-refractivity contribution in [1.29, 1.82) is 0 Å². The molecule has 4 nitrogen and oxygen atoms in total. The van der Waals surface area contributed by atoms with Gasteiger partial charge in [0, 0.05) is 29.0 Å². The minimum atomic E-state index is 0.590. The Balaban J connectivity index is 2.34. The fourth-order valence-electron chi connectivity index (χ4n) is 1.85. The summed E-state index contributed by atoms with van der Waals surface area (Å²) >= 11 is 1.53. The van der Waals surface area contributed by atoms with Gasteiger partial charge in [0.25, 0.3) is 0 Å². The highest BCUT2D eigenvalue weighted by Gasteiger charge is 2.15. The van der Waals surface area contributed by atoms with E-state index in [1.807, 2.05) is 28.8 Å². The number of carbonyl (C=O) groups excluding carboxylic acids is 1. The molecule has 84 valence electrons. The predicted molar refractivity (Wildman–Crippen MR) is 66.4 cm³/mol. The molecule has 0 radical (unpaired) electrons. The average molecular weight is 243 g/mol. The third kappa shape index (κ3) is 1.47. The highest BCUT2D eigenvalue weighted by atomic mass is 32.1. The van der Waals surface area contributed by atoms with Gasteiger partial charge < -0.3 is 0 Å². The molecule has 0 fully saturated rings. The summed E-state index contributed by atoms with van der Waals surface area (Å²) in [6.07, 6.45) is 4.27. The first-order chi connectivity index (χ1) is 8.31. The maximum absolute atomic E-state index is 11.2. The van der Waals surface area contributed by atoms with Crippen LogP contribution in [-0.4, -0.2) is 20.7 Å². The fraction of sp³-hybridized carbons (Fsp3) is 0.0833. The molecule has 3 heterocycles. The molecule has 0 N–H and O–H groups in total. The van der Waals surface area contributed by atoms with Crippen molar-refractivity contribution >= 4 is 22.6 Å². The number of fused-ring (bicyclic) bond motifs is 1. The standard InChI is InChI=1S/C12H9N3OS/c1-8-7-17-12-14-11(10(6-16)15(8)12)9-3-2-4-13-5-9/h2-7H,1H3. The molecule has 0 saturated carbocycles. The van der Waals surface area contributed by atoms with Crippen LogP contribution in [0.2, 0.25) is 0 Å². The van der Waals surface area contributed by atoms with Gasteiger partial charge in [-0.05, 0) is 19.1 Å². The van der Waals surface area contributed by atoms with Gasteiger partial charge in [0.2, 0.25) is 0 Å². The highest BCUT2D eigenvalue weighted by molar-refractivity contribution is 7.15. The second-order valence-electron chi connectivity index (χ2n) is 3.70. The van der Waals surface area contributed by atoms with Crippen LogP contribution in [0.1, 0.15) is 16.2 Å². The van der Waals surface area contributed by atoms with E-state index in [4.69, 9.17) is 0 Å². The van der Waals surface area contributed by atoms with Crippen molar-refractivity contribution in [2.24, 2.45) is 0 Å². The zero-order valence-corrected chi connectivity index (χ0v) is 9.94. The lowest BCUT2D eigenvalue weighted by atomic mass is 10.2. The van der Waals surface area contributed by atoms with E-state index in [0.717, 1.165) is 22.5 Å². The van der Waals surface area contributed by atoms with Crippen LogP contribution in [0.5, 0.6) is 0 Å². The molecule has 0 aliphatic rings. The molecule has 3 aromatic rings. The summed E-state index contributed by atoms with van der Waals surface area (Å²) in [5.41, 5.74) is 3.18. The Morgan fingerprint density at radius 1 is 1.47 bits per heavy atom. The second-order valence-corrected chi connectivity index (χ2v) is 4.54. The first kappa shape index (κ1) is 10.2. The lowest BCUT2D eigenvalue weighted by Crippen LogP contribution is -1.93. The second kappa shape index (κ2) is 3.78. The smallest absolute Gasteiger partial charge is 0.195 e. The number of rotatable bonds is 2. The van der Waals surface area contributed by atoms with Gasteiger partial charge in [-0.3, -0.25) is 14.2 Å². The Hall–Kier alpha value is -2.01. The summed E-state index contributed by atoms with van der Waals surface area (Å²) in [4.78, 5) is 20.6. The summed E-state index contributed by atoms with van der Waals surface area (Å²) in [6.45, 7) is 1.96. The van der Waals surface area contributed by atoms with Crippen molar-refractivity contribution < 1.29 is 4.79 Å². The number of aromatic nitrogens is 3. The number of imidazole rings is 1. The third-order valence-electron chi connectivity index (χ3n) is 2.62. The molecule has 17 heavy (non-hydrogen) atoms. The molecule has 0 aliphatic heterocycles. The summed E-state index contributed by atoms with van der Waals surface area (Å²) in [6, 6.07) is 3.74. The molecule has 3 rings (SSSR count). The maximum Gasteiger partial charge on any atom is 0.195 e. The summed E-state index contributed by atoms with van der Waals surface area (Å²) in [7, 11) is 0. The molecule has 0 bridgehead atoms. The van der Waals surface area contributed by atoms with E-state index in [1.54, 1.807) is 12.4 Å². The van der Waals surface area contributed by atoms with Gasteiger partial charge >= 0.3 is 0 Å². The van der Waals surface area contributed by atoms with Gasteiger partial charge in [-0.15, -0.1) is 11.3 Å². The molecule has 3 aromatic heterocycles. The van der Waals surface area contributed by atoms with Crippen molar-refractivity contribution in [3.05, 3.63) is 41.3 Å². The molecule has 0 atom stereocenters. The predicted octanol–water partition coefficient (Wildman–Crippen LogP) is 2.58. The van der Waals surface area contributed by atoms with Crippen LogP contribution in [0.4, 0.5) is 0 Å². The van der Waals surface area contributed by atoms with Gasteiger partial charge in [-0.2, -0.15) is 0 Å². The van der Waals surface area contributed by atoms with Crippen molar-refractivity contribution in [1.82, 2.24) is 14.4 Å². The van der Waals surface area contributed by atoms with Crippen LogP contribution in [-0.2, 0) is 0 Å². The highest BCUT2D eigenvalue weighted by Crippen LogP contribution is 2.26. The number of aryl methyl sites for hydroxylation is 1. The monoisotopic (exact) mass is 243 g/mol. The first-order valence-corrected chi connectivity index (χ1v) is 6.01. The lowest BCUT2D eigenvalue weighted by Gasteiger charge is -1.97. The van der Waals surface area contributed by atoms with Crippen LogP contribution < -0.4 is 0 Å². The number of aldehydes is 1. The molecular weight excluding hydrogens is 234 g/mol. The molecule has 0 saturated heterocycles. The number of nitrogens with zero attached hydrogens (tertiary/aromatic N) is 3. The lowest BCUT2D eigenvalue weighted by molar-refractivity contribution is 0.111. The van der Waals surface area contributed by atoms with Crippen molar-refractivity contribution in [2.75, 3.05) is 0 Å². The maximum atomic E-state index is 11.2. The van der Waals surface area contributed by atoms with E-state index in [1.165, 1.54) is 11.3 Å². The molecule has 0 unspecified atom stereocenters. The van der Waals surface area contributed by atoms with Gasteiger partial charge in [-0.1, -0.05) is 0 Å². The van der Waals surface area contributed by atoms with Crippen LogP contribution in [0.25, 0.3) is 16.2 Å². The first-order valence-electron chi connectivity index (χ1n) is 5.13. The summed E-state index contributed by atoms with van der Waals surface area (Å²) in [5.74, 6) is 0. The normalized spacial score (nSPS) is 10.9. The van der Waals surface area contributed by atoms with E-state index in [2.05, 4.69) is 9.97 Å². The Bertz CT molecular complexity index is 684. The van der Waals surface area contributed by atoms with Crippen molar-refractivity contribution in [3.63, 3.8) is 0 Å². The van der Waals surface area contributed by atoms with Gasteiger partial charge in [0.1, 0.15) is 11.4 Å². The number of hydrogen-bond donors (Lipinski definition) is 0.